The first-order valence-electron chi connectivity index (χ1n) is 9.41. The summed E-state index contributed by atoms with van der Waals surface area (Å²) in [5, 5.41) is 10.5. The summed E-state index contributed by atoms with van der Waals surface area (Å²) < 4.78 is 5.07. The van der Waals surface area contributed by atoms with Crippen LogP contribution in [-0.4, -0.2) is 28.0 Å². The first kappa shape index (κ1) is 20.4. The van der Waals surface area contributed by atoms with E-state index in [1.807, 2.05) is 13.0 Å². The normalized spacial score (nSPS) is 13.1. The van der Waals surface area contributed by atoms with Gasteiger partial charge in [0.05, 0.1) is 21.8 Å². The van der Waals surface area contributed by atoms with Gasteiger partial charge in [-0.05, 0) is 50.1 Å². The molecule has 2 aromatic heterocycles. The number of nitrogens with one attached hydrogen (secondary N) is 2. The van der Waals surface area contributed by atoms with E-state index >= 15 is 0 Å². The van der Waals surface area contributed by atoms with Gasteiger partial charge in [-0.15, -0.1) is 0 Å². The lowest BCUT2D eigenvalue weighted by molar-refractivity contribution is 0.0950. The molecule has 0 unspecified atom stereocenters. The van der Waals surface area contributed by atoms with Crippen molar-refractivity contribution >= 4 is 40.9 Å². The van der Waals surface area contributed by atoms with Crippen LogP contribution in [0.3, 0.4) is 0 Å². The molecule has 9 heteroatoms. The Bertz CT molecular complexity index is 1100. The Morgan fingerprint density at radius 3 is 2.73 bits per heavy atom. The quantitative estimate of drug-likeness (QED) is 0.524. The van der Waals surface area contributed by atoms with Gasteiger partial charge in [-0.3, -0.25) is 9.59 Å². The van der Waals surface area contributed by atoms with E-state index in [4.69, 9.17) is 16.1 Å². The second-order valence-electron chi connectivity index (χ2n) is 6.97. The summed E-state index contributed by atoms with van der Waals surface area (Å²) in [7, 11) is 0. The van der Waals surface area contributed by atoms with Gasteiger partial charge < -0.3 is 15.2 Å². The Morgan fingerprint density at radius 2 is 2.03 bits per heavy atom. The molecule has 0 bridgehead atoms. The van der Waals surface area contributed by atoms with E-state index in [1.165, 1.54) is 11.8 Å². The van der Waals surface area contributed by atoms with Crippen LogP contribution in [0, 0.1) is 6.92 Å². The smallest absolute Gasteiger partial charge is 0.258 e. The second kappa shape index (κ2) is 8.89. The Labute approximate surface area is 182 Å². The van der Waals surface area contributed by atoms with E-state index in [2.05, 4.69) is 20.8 Å². The predicted molar refractivity (Wildman–Crippen MR) is 115 cm³/mol. The number of anilines is 1. The van der Waals surface area contributed by atoms with Crippen molar-refractivity contribution in [3.05, 3.63) is 70.2 Å². The lowest BCUT2D eigenvalue weighted by atomic mass is 10.1. The number of halogens is 1. The third kappa shape index (κ3) is 5.01. The summed E-state index contributed by atoms with van der Waals surface area (Å²) in [4.78, 5) is 29.3. The van der Waals surface area contributed by atoms with Crippen molar-refractivity contribution in [1.29, 1.82) is 0 Å². The summed E-state index contributed by atoms with van der Waals surface area (Å²) >= 11 is 7.66. The molecule has 1 aromatic carbocycles. The number of thioether (sulfide) groups is 1. The Morgan fingerprint density at radius 1 is 1.20 bits per heavy atom. The number of benzene rings is 1. The number of nitrogens with zero attached hydrogens (tertiary/aromatic N) is 2. The van der Waals surface area contributed by atoms with Crippen LogP contribution in [0.2, 0.25) is 5.02 Å². The van der Waals surface area contributed by atoms with E-state index in [0.717, 1.165) is 24.3 Å². The molecule has 0 aliphatic heterocycles. The van der Waals surface area contributed by atoms with Gasteiger partial charge in [-0.1, -0.05) is 28.5 Å². The molecule has 7 nitrogen and oxygen atoms in total. The maximum absolute atomic E-state index is 12.8. The van der Waals surface area contributed by atoms with Crippen molar-refractivity contribution in [3.8, 4) is 0 Å². The Kier molecular flexibility index (Phi) is 6.06. The van der Waals surface area contributed by atoms with E-state index in [1.54, 1.807) is 36.5 Å². The van der Waals surface area contributed by atoms with Gasteiger partial charge in [0.2, 0.25) is 0 Å². The first-order chi connectivity index (χ1) is 14.5. The number of aryl methyl sites for hydroxylation is 1. The molecule has 3 aromatic rings. The molecule has 1 fully saturated rings. The van der Waals surface area contributed by atoms with Crippen molar-refractivity contribution < 1.29 is 14.1 Å². The van der Waals surface area contributed by atoms with Gasteiger partial charge >= 0.3 is 0 Å². The fourth-order valence-electron chi connectivity index (χ4n) is 2.77. The summed E-state index contributed by atoms with van der Waals surface area (Å²) in [6.45, 7) is 1.83. The fourth-order valence-corrected chi connectivity index (χ4v) is 3.91. The van der Waals surface area contributed by atoms with E-state index < -0.39 is 0 Å². The molecule has 154 valence electrons. The van der Waals surface area contributed by atoms with Gasteiger partial charge in [0, 0.05) is 29.7 Å². The van der Waals surface area contributed by atoms with E-state index in [9.17, 15) is 9.59 Å². The number of carbonyl (C=O) groups excluding carboxylic acids is 2. The minimum Gasteiger partial charge on any atom is -0.361 e. The van der Waals surface area contributed by atoms with Crippen molar-refractivity contribution in [1.82, 2.24) is 15.5 Å². The van der Waals surface area contributed by atoms with Gasteiger partial charge in [0.1, 0.15) is 10.8 Å². The van der Waals surface area contributed by atoms with Crippen LogP contribution >= 0.6 is 23.4 Å². The van der Waals surface area contributed by atoms with Crippen molar-refractivity contribution in [2.24, 2.45) is 0 Å². The molecule has 0 spiro atoms. The van der Waals surface area contributed by atoms with Gasteiger partial charge in [0.15, 0.2) is 0 Å². The number of amides is 2. The molecule has 30 heavy (non-hydrogen) atoms. The number of hydrogen-bond acceptors (Lipinski definition) is 6. The lowest BCUT2D eigenvalue weighted by Crippen LogP contribution is -2.25. The number of hydrogen-bond donors (Lipinski definition) is 2. The van der Waals surface area contributed by atoms with Crippen LogP contribution in [0.5, 0.6) is 0 Å². The fraction of sp³-hybridized carbons (Fsp3) is 0.238. The monoisotopic (exact) mass is 442 g/mol. The molecule has 1 saturated carbocycles. The Balaban J connectivity index is 1.44. The summed E-state index contributed by atoms with van der Waals surface area (Å²) in [6.07, 6.45) is 3.63. The second-order valence-corrected chi connectivity index (χ2v) is 8.34. The maximum Gasteiger partial charge on any atom is 0.258 e. The minimum atomic E-state index is -0.312. The Hall–Kier alpha value is -2.84. The van der Waals surface area contributed by atoms with Crippen LogP contribution in [-0.2, 0) is 5.75 Å². The molecule has 2 amide bonds. The topological polar surface area (TPSA) is 97.1 Å². The largest absolute Gasteiger partial charge is 0.361 e. The number of carbonyl (C=O) groups is 2. The predicted octanol–water partition coefficient (Wildman–Crippen LogP) is 4.47. The van der Waals surface area contributed by atoms with Crippen LogP contribution in [0.1, 0.15) is 45.0 Å². The summed E-state index contributed by atoms with van der Waals surface area (Å²) in [6, 6.07) is 10.3. The van der Waals surface area contributed by atoms with Crippen molar-refractivity contribution in [2.45, 2.75) is 36.6 Å². The van der Waals surface area contributed by atoms with Crippen molar-refractivity contribution in [3.63, 3.8) is 0 Å². The molecule has 1 aliphatic carbocycles. The van der Waals surface area contributed by atoms with Crippen molar-refractivity contribution in [2.75, 3.05) is 5.32 Å². The zero-order valence-corrected chi connectivity index (χ0v) is 17.7. The molecule has 2 N–H and O–H groups in total. The zero-order valence-electron chi connectivity index (χ0n) is 16.1. The van der Waals surface area contributed by atoms with E-state index in [0.29, 0.717) is 27.6 Å². The first-order valence-corrected chi connectivity index (χ1v) is 10.8. The molecular formula is C21H19ClN4O3S. The number of aromatic nitrogens is 2. The average molecular weight is 443 g/mol. The molecule has 1 aliphatic rings. The highest BCUT2D eigenvalue weighted by molar-refractivity contribution is 7.98. The summed E-state index contributed by atoms with van der Waals surface area (Å²) in [5.74, 6) is 0.754. The SMILES string of the molecule is Cc1cc(CSc2ncccc2C(=O)Nc2ccc(C(=O)NC3CC3)c(Cl)c2)no1. The molecule has 0 saturated heterocycles. The minimum absolute atomic E-state index is 0.200. The molecule has 0 radical (unpaired) electrons. The van der Waals surface area contributed by atoms with Crippen LogP contribution in [0.15, 0.2) is 52.1 Å². The third-order valence-corrected chi connectivity index (χ3v) is 5.79. The third-order valence-electron chi connectivity index (χ3n) is 4.43. The van der Waals surface area contributed by atoms with Crippen LogP contribution < -0.4 is 10.6 Å². The van der Waals surface area contributed by atoms with Crippen LogP contribution in [0.4, 0.5) is 5.69 Å². The molecule has 4 rings (SSSR count). The van der Waals surface area contributed by atoms with Gasteiger partial charge in [0.25, 0.3) is 11.8 Å². The maximum atomic E-state index is 12.8. The highest BCUT2D eigenvalue weighted by atomic mass is 35.5. The highest BCUT2D eigenvalue weighted by Crippen LogP contribution is 2.27. The molecule has 0 atom stereocenters. The van der Waals surface area contributed by atoms with Crippen LogP contribution in [0.25, 0.3) is 0 Å². The zero-order chi connectivity index (χ0) is 21.1. The van der Waals surface area contributed by atoms with Gasteiger partial charge in [-0.25, -0.2) is 4.98 Å². The molecular weight excluding hydrogens is 424 g/mol. The lowest BCUT2D eigenvalue weighted by Gasteiger charge is -2.11. The standard InChI is InChI=1S/C21H19ClN4O3S/c1-12-9-15(26-29-12)11-30-21-17(3-2-8-23-21)20(28)25-14-6-7-16(18(22)10-14)19(27)24-13-4-5-13/h2-3,6-10,13H,4-5,11H2,1H3,(H,24,27)(H,25,28). The highest BCUT2D eigenvalue weighted by Gasteiger charge is 2.24. The number of pyridine rings is 1. The summed E-state index contributed by atoms with van der Waals surface area (Å²) in [5.41, 5.74) is 2.11. The van der Waals surface area contributed by atoms with Gasteiger partial charge in [-0.2, -0.15) is 0 Å². The average Bonchev–Trinajstić information content (AvgIpc) is 3.44. The molecule has 2 heterocycles. The van der Waals surface area contributed by atoms with E-state index in [-0.39, 0.29) is 22.9 Å². The number of rotatable bonds is 7.